The van der Waals surface area contributed by atoms with Crippen molar-refractivity contribution in [3.63, 3.8) is 0 Å². The molecule has 1 heterocycles. The summed E-state index contributed by atoms with van der Waals surface area (Å²) in [4.78, 5) is 1.54. The van der Waals surface area contributed by atoms with Gasteiger partial charge in [0.05, 0.1) is 6.54 Å². The van der Waals surface area contributed by atoms with Crippen LogP contribution in [0.1, 0.15) is 51.9 Å². The van der Waals surface area contributed by atoms with Gasteiger partial charge in [0.25, 0.3) is 0 Å². The summed E-state index contributed by atoms with van der Waals surface area (Å²) in [6, 6.07) is 0.997. The highest BCUT2D eigenvalue weighted by atomic mass is 19.4. The summed E-state index contributed by atoms with van der Waals surface area (Å²) in [7, 11) is 0. The topological polar surface area (TPSA) is 15.3 Å². The van der Waals surface area contributed by atoms with Gasteiger partial charge in [-0.05, 0) is 51.1 Å². The summed E-state index contributed by atoms with van der Waals surface area (Å²) < 4.78 is 37.0. The van der Waals surface area contributed by atoms with Crippen LogP contribution in [0.2, 0.25) is 0 Å². The van der Waals surface area contributed by atoms with E-state index in [1.165, 1.54) is 37.0 Å². The quantitative estimate of drug-likeness (QED) is 0.800. The molecule has 0 radical (unpaired) electrons. The maximum Gasteiger partial charge on any atom is 0.401 e. The van der Waals surface area contributed by atoms with Gasteiger partial charge in [-0.2, -0.15) is 13.2 Å². The molecule has 5 heteroatoms. The Morgan fingerprint density at radius 1 is 0.950 bits per heavy atom. The Bertz CT molecular complexity index is 285. The van der Waals surface area contributed by atoms with E-state index in [2.05, 4.69) is 12.2 Å². The Balaban J connectivity index is 1.69. The zero-order valence-corrected chi connectivity index (χ0v) is 12.4. The van der Waals surface area contributed by atoms with Crippen LogP contribution >= 0.6 is 0 Å². The first-order valence-electron chi connectivity index (χ1n) is 7.97. The average Bonchev–Trinajstić information content (AvgIpc) is 2.55. The van der Waals surface area contributed by atoms with Crippen LogP contribution in [0.5, 0.6) is 0 Å². The summed E-state index contributed by atoms with van der Waals surface area (Å²) in [5.41, 5.74) is 0. The molecule has 1 saturated carbocycles. The van der Waals surface area contributed by atoms with Gasteiger partial charge >= 0.3 is 6.18 Å². The number of likely N-dealkylation sites (tertiary alicyclic amines) is 1. The van der Waals surface area contributed by atoms with E-state index in [9.17, 15) is 13.2 Å². The second-order valence-electron chi connectivity index (χ2n) is 6.64. The van der Waals surface area contributed by atoms with E-state index in [1.54, 1.807) is 0 Å². The van der Waals surface area contributed by atoms with E-state index in [-0.39, 0.29) is 0 Å². The standard InChI is InChI=1S/C15H27F3N2/c1-12-3-2-4-13(6-5-12)19-14-7-9-20(10-8-14)11-15(16,17)18/h12-14,19H,2-11H2,1H3. The monoisotopic (exact) mass is 292 g/mol. The lowest BCUT2D eigenvalue weighted by Crippen LogP contribution is -2.48. The largest absolute Gasteiger partial charge is 0.401 e. The highest BCUT2D eigenvalue weighted by molar-refractivity contribution is 4.83. The molecule has 1 aliphatic carbocycles. The Labute approximate surface area is 120 Å². The number of nitrogens with zero attached hydrogens (tertiary/aromatic N) is 1. The van der Waals surface area contributed by atoms with Gasteiger partial charge in [0.1, 0.15) is 0 Å². The summed E-state index contributed by atoms with van der Waals surface area (Å²) in [6.07, 6.45) is 3.98. The molecule has 1 N–H and O–H groups in total. The molecule has 2 fully saturated rings. The van der Waals surface area contributed by atoms with Gasteiger partial charge in [-0.15, -0.1) is 0 Å². The van der Waals surface area contributed by atoms with Crippen LogP contribution in [0.25, 0.3) is 0 Å². The predicted octanol–water partition coefficient (Wildman–Crippen LogP) is 3.57. The van der Waals surface area contributed by atoms with Gasteiger partial charge in [0.15, 0.2) is 0 Å². The van der Waals surface area contributed by atoms with E-state index in [0.29, 0.717) is 25.2 Å². The zero-order chi connectivity index (χ0) is 14.6. The molecular weight excluding hydrogens is 265 g/mol. The summed E-state index contributed by atoms with van der Waals surface area (Å²) in [5, 5.41) is 3.69. The first-order valence-corrected chi connectivity index (χ1v) is 7.97. The molecule has 0 aromatic rings. The van der Waals surface area contributed by atoms with Crippen LogP contribution in [0.15, 0.2) is 0 Å². The second kappa shape index (κ2) is 7.12. The van der Waals surface area contributed by atoms with E-state index >= 15 is 0 Å². The third-order valence-corrected chi connectivity index (χ3v) is 4.72. The summed E-state index contributed by atoms with van der Waals surface area (Å²) in [5.74, 6) is 0.829. The van der Waals surface area contributed by atoms with Crippen LogP contribution in [0, 0.1) is 5.92 Å². The van der Waals surface area contributed by atoms with Crippen molar-refractivity contribution < 1.29 is 13.2 Å². The summed E-state index contributed by atoms with van der Waals surface area (Å²) >= 11 is 0. The van der Waals surface area contributed by atoms with E-state index < -0.39 is 12.7 Å². The van der Waals surface area contributed by atoms with Crippen molar-refractivity contribution in [2.24, 2.45) is 5.92 Å². The van der Waals surface area contributed by atoms with E-state index in [0.717, 1.165) is 18.8 Å². The smallest absolute Gasteiger partial charge is 0.311 e. The minimum Gasteiger partial charge on any atom is -0.311 e. The van der Waals surface area contributed by atoms with Crippen molar-refractivity contribution in [1.82, 2.24) is 10.2 Å². The lowest BCUT2D eigenvalue weighted by Gasteiger charge is -2.34. The first-order chi connectivity index (χ1) is 9.42. The van der Waals surface area contributed by atoms with Gasteiger partial charge in [-0.3, -0.25) is 4.90 Å². The van der Waals surface area contributed by atoms with Crippen molar-refractivity contribution in [2.45, 2.75) is 70.1 Å². The minimum absolute atomic E-state index is 0.415. The van der Waals surface area contributed by atoms with Crippen LogP contribution in [-0.4, -0.2) is 42.8 Å². The van der Waals surface area contributed by atoms with Gasteiger partial charge < -0.3 is 5.32 Å². The van der Waals surface area contributed by atoms with Gasteiger partial charge in [0, 0.05) is 12.1 Å². The molecule has 2 unspecified atom stereocenters. The fourth-order valence-corrected chi connectivity index (χ4v) is 3.50. The normalized spacial score (nSPS) is 31.2. The third-order valence-electron chi connectivity index (χ3n) is 4.72. The molecule has 0 amide bonds. The Morgan fingerprint density at radius 2 is 1.60 bits per heavy atom. The Hall–Kier alpha value is -0.290. The fraction of sp³-hybridized carbons (Fsp3) is 1.00. The molecule has 2 nitrogen and oxygen atoms in total. The van der Waals surface area contributed by atoms with Gasteiger partial charge in [0.2, 0.25) is 0 Å². The highest BCUT2D eigenvalue weighted by Crippen LogP contribution is 2.24. The Morgan fingerprint density at radius 3 is 2.25 bits per heavy atom. The zero-order valence-electron chi connectivity index (χ0n) is 12.4. The molecule has 0 spiro atoms. The molecule has 0 aromatic heterocycles. The molecule has 20 heavy (non-hydrogen) atoms. The number of halogens is 3. The fourth-order valence-electron chi connectivity index (χ4n) is 3.50. The van der Waals surface area contributed by atoms with Crippen LogP contribution in [-0.2, 0) is 0 Å². The molecule has 0 aromatic carbocycles. The SMILES string of the molecule is CC1CCCC(NC2CCN(CC(F)(F)F)CC2)CC1. The van der Waals surface area contributed by atoms with Crippen molar-refractivity contribution in [3.05, 3.63) is 0 Å². The van der Waals surface area contributed by atoms with Crippen LogP contribution in [0.4, 0.5) is 13.2 Å². The lowest BCUT2D eigenvalue weighted by atomic mass is 10.0. The maximum absolute atomic E-state index is 12.3. The van der Waals surface area contributed by atoms with Gasteiger partial charge in [-0.25, -0.2) is 0 Å². The molecule has 2 rings (SSSR count). The first kappa shape index (κ1) is 16.1. The molecule has 118 valence electrons. The maximum atomic E-state index is 12.3. The minimum atomic E-state index is -4.06. The predicted molar refractivity (Wildman–Crippen MR) is 74.7 cm³/mol. The Kier molecular flexibility index (Phi) is 5.73. The summed E-state index contributed by atoms with van der Waals surface area (Å²) in [6.45, 7) is 2.71. The number of alkyl halides is 3. The second-order valence-corrected chi connectivity index (χ2v) is 6.64. The van der Waals surface area contributed by atoms with Crippen LogP contribution < -0.4 is 5.32 Å². The molecule has 1 aliphatic heterocycles. The highest BCUT2D eigenvalue weighted by Gasteiger charge is 2.32. The third kappa shape index (κ3) is 5.60. The molecule has 1 saturated heterocycles. The molecule has 2 atom stereocenters. The molecular formula is C15H27F3N2. The van der Waals surface area contributed by atoms with Crippen LogP contribution in [0.3, 0.4) is 0 Å². The van der Waals surface area contributed by atoms with E-state index in [4.69, 9.17) is 0 Å². The van der Waals surface area contributed by atoms with Crippen molar-refractivity contribution >= 4 is 0 Å². The van der Waals surface area contributed by atoms with Gasteiger partial charge in [-0.1, -0.05) is 19.8 Å². The van der Waals surface area contributed by atoms with E-state index in [1.807, 2.05) is 0 Å². The molecule has 2 aliphatic rings. The number of nitrogens with one attached hydrogen (secondary N) is 1. The number of hydrogen-bond donors (Lipinski definition) is 1. The molecule has 0 bridgehead atoms. The number of hydrogen-bond acceptors (Lipinski definition) is 2. The number of piperidine rings is 1. The van der Waals surface area contributed by atoms with Crippen molar-refractivity contribution in [1.29, 1.82) is 0 Å². The lowest BCUT2D eigenvalue weighted by molar-refractivity contribution is -0.148. The van der Waals surface area contributed by atoms with Crippen molar-refractivity contribution in [2.75, 3.05) is 19.6 Å². The average molecular weight is 292 g/mol. The van der Waals surface area contributed by atoms with Crippen molar-refractivity contribution in [3.8, 4) is 0 Å². The number of rotatable bonds is 3.